The zero-order valence-corrected chi connectivity index (χ0v) is 12.9. The number of furan rings is 1. The molecule has 1 unspecified atom stereocenters. The van der Waals surface area contributed by atoms with Crippen LogP contribution in [0.3, 0.4) is 0 Å². The van der Waals surface area contributed by atoms with Crippen molar-refractivity contribution in [3.05, 3.63) is 35.3 Å². The zero-order valence-electron chi connectivity index (χ0n) is 12.9. The monoisotopic (exact) mass is 285 g/mol. The Labute approximate surface area is 126 Å². The van der Waals surface area contributed by atoms with Crippen molar-refractivity contribution in [2.24, 2.45) is 0 Å². The summed E-state index contributed by atoms with van der Waals surface area (Å²) in [6.45, 7) is 5.32. The third-order valence-electron chi connectivity index (χ3n) is 4.05. The van der Waals surface area contributed by atoms with Crippen LogP contribution in [0.15, 0.2) is 22.7 Å². The minimum atomic E-state index is 0.408. The SMILES string of the molecule is CCCNC1CCCc2nc(-c3ccc(CC)o3)ncc21. The van der Waals surface area contributed by atoms with Crippen LogP contribution in [0, 0.1) is 0 Å². The fourth-order valence-electron chi connectivity index (χ4n) is 2.88. The van der Waals surface area contributed by atoms with E-state index in [1.54, 1.807) is 0 Å². The Bertz CT molecular complexity index is 606. The molecular weight excluding hydrogens is 262 g/mol. The lowest BCUT2D eigenvalue weighted by Gasteiger charge is -2.25. The van der Waals surface area contributed by atoms with Gasteiger partial charge in [0.05, 0.1) is 0 Å². The summed E-state index contributed by atoms with van der Waals surface area (Å²) >= 11 is 0. The number of nitrogens with one attached hydrogen (secondary N) is 1. The second-order valence-electron chi connectivity index (χ2n) is 5.61. The quantitative estimate of drug-likeness (QED) is 0.910. The van der Waals surface area contributed by atoms with E-state index in [2.05, 4.69) is 24.1 Å². The molecule has 0 fully saturated rings. The van der Waals surface area contributed by atoms with E-state index >= 15 is 0 Å². The molecule has 0 aliphatic heterocycles. The molecule has 1 aliphatic rings. The lowest BCUT2D eigenvalue weighted by molar-refractivity contribution is 0.453. The van der Waals surface area contributed by atoms with E-state index in [0.29, 0.717) is 11.9 Å². The second kappa shape index (κ2) is 6.39. The normalized spacial score (nSPS) is 17.7. The van der Waals surface area contributed by atoms with Crippen LogP contribution in [0.1, 0.15) is 56.2 Å². The molecule has 0 saturated carbocycles. The number of hydrogen-bond acceptors (Lipinski definition) is 4. The van der Waals surface area contributed by atoms with Gasteiger partial charge in [0.15, 0.2) is 11.6 Å². The van der Waals surface area contributed by atoms with E-state index in [0.717, 1.165) is 37.3 Å². The minimum absolute atomic E-state index is 0.408. The molecule has 2 heterocycles. The molecule has 0 spiro atoms. The van der Waals surface area contributed by atoms with Crippen molar-refractivity contribution in [3.63, 3.8) is 0 Å². The van der Waals surface area contributed by atoms with Gasteiger partial charge in [-0.1, -0.05) is 13.8 Å². The van der Waals surface area contributed by atoms with Crippen molar-refractivity contribution in [1.29, 1.82) is 0 Å². The van der Waals surface area contributed by atoms with Gasteiger partial charge in [-0.2, -0.15) is 0 Å². The van der Waals surface area contributed by atoms with Gasteiger partial charge in [0, 0.05) is 29.9 Å². The predicted molar refractivity (Wildman–Crippen MR) is 83.1 cm³/mol. The third kappa shape index (κ3) is 3.00. The number of aryl methyl sites for hydroxylation is 2. The Kier molecular flexibility index (Phi) is 4.34. The molecule has 4 nitrogen and oxygen atoms in total. The van der Waals surface area contributed by atoms with Gasteiger partial charge in [0.25, 0.3) is 0 Å². The molecule has 0 aromatic carbocycles. The molecule has 1 N–H and O–H groups in total. The predicted octanol–water partition coefficient (Wildman–Crippen LogP) is 3.68. The summed E-state index contributed by atoms with van der Waals surface area (Å²) in [5, 5.41) is 3.60. The van der Waals surface area contributed by atoms with Gasteiger partial charge in [-0.15, -0.1) is 0 Å². The zero-order chi connectivity index (χ0) is 14.7. The highest BCUT2D eigenvalue weighted by Gasteiger charge is 2.22. The minimum Gasteiger partial charge on any atom is -0.458 e. The fourth-order valence-corrected chi connectivity index (χ4v) is 2.88. The number of aromatic nitrogens is 2. The van der Waals surface area contributed by atoms with Crippen LogP contribution in [-0.4, -0.2) is 16.5 Å². The maximum absolute atomic E-state index is 5.76. The molecule has 2 aromatic heterocycles. The molecule has 2 aromatic rings. The molecule has 1 atom stereocenters. The van der Waals surface area contributed by atoms with Gasteiger partial charge in [-0.3, -0.25) is 0 Å². The summed E-state index contributed by atoms with van der Waals surface area (Å²) in [7, 11) is 0. The third-order valence-corrected chi connectivity index (χ3v) is 4.05. The molecule has 0 radical (unpaired) electrons. The van der Waals surface area contributed by atoms with Gasteiger partial charge in [-0.05, 0) is 44.4 Å². The van der Waals surface area contributed by atoms with Gasteiger partial charge < -0.3 is 9.73 Å². The van der Waals surface area contributed by atoms with Crippen LogP contribution in [0.4, 0.5) is 0 Å². The molecule has 0 bridgehead atoms. The summed E-state index contributed by atoms with van der Waals surface area (Å²) in [5.41, 5.74) is 2.44. The summed E-state index contributed by atoms with van der Waals surface area (Å²) in [6.07, 6.45) is 7.43. The topological polar surface area (TPSA) is 51.0 Å². The summed E-state index contributed by atoms with van der Waals surface area (Å²) in [4.78, 5) is 9.27. The van der Waals surface area contributed by atoms with E-state index in [1.807, 2.05) is 18.3 Å². The number of rotatable bonds is 5. The van der Waals surface area contributed by atoms with Crippen molar-refractivity contribution in [2.75, 3.05) is 6.54 Å². The highest BCUT2D eigenvalue weighted by Crippen LogP contribution is 2.29. The van der Waals surface area contributed by atoms with Crippen molar-refractivity contribution in [3.8, 4) is 11.6 Å². The highest BCUT2D eigenvalue weighted by molar-refractivity contribution is 5.48. The van der Waals surface area contributed by atoms with Crippen LogP contribution < -0.4 is 5.32 Å². The second-order valence-corrected chi connectivity index (χ2v) is 5.61. The fraction of sp³-hybridized carbons (Fsp3) is 0.529. The molecular formula is C17H23N3O. The van der Waals surface area contributed by atoms with Crippen LogP contribution >= 0.6 is 0 Å². The van der Waals surface area contributed by atoms with Crippen LogP contribution in [0.25, 0.3) is 11.6 Å². The molecule has 4 heteroatoms. The molecule has 21 heavy (non-hydrogen) atoms. The first-order valence-electron chi connectivity index (χ1n) is 8.00. The summed E-state index contributed by atoms with van der Waals surface area (Å²) in [6, 6.07) is 4.38. The van der Waals surface area contributed by atoms with Crippen molar-refractivity contribution in [1.82, 2.24) is 15.3 Å². The van der Waals surface area contributed by atoms with E-state index in [-0.39, 0.29) is 0 Å². The number of hydrogen-bond donors (Lipinski definition) is 1. The first-order chi connectivity index (χ1) is 10.3. The Morgan fingerprint density at radius 3 is 3.00 bits per heavy atom. The number of nitrogens with zero attached hydrogens (tertiary/aromatic N) is 2. The van der Waals surface area contributed by atoms with Crippen molar-refractivity contribution < 1.29 is 4.42 Å². The van der Waals surface area contributed by atoms with Crippen LogP contribution in [-0.2, 0) is 12.8 Å². The Balaban J connectivity index is 1.86. The van der Waals surface area contributed by atoms with E-state index in [4.69, 9.17) is 9.40 Å². The molecule has 3 rings (SSSR count). The van der Waals surface area contributed by atoms with Gasteiger partial charge in [-0.25, -0.2) is 9.97 Å². The van der Waals surface area contributed by atoms with E-state index in [1.165, 1.54) is 24.1 Å². The first kappa shape index (κ1) is 14.3. The lowest BCUT2D eigenvalue weighted by Crippen LogP contribution is -2.26. The molecule has 0 saturated heterocycles. The Morgan fingerprint density at radius 1 is 1.33 bits per heavy atom. The smallest absolute Gasteiger partial charge is 0.195 e. The van der Waals surface area contributed by atoms with E-state index < -0.39 is 0 Å². The first-order valence-corrected chi connectivity index (χ1v) is 8.00. The van der Waals surface area contributed by atoms with E-state index in [9.17, 15) is 0 Å². The summed E-state index contributed by atoms with van der Waals surface area (Å²) < 4.78 is 5.76. The molecule has 112 valence electrons. The standard InChI is InChI=1S/C17H23N3O/c1-3-10-18-14-6-5-7-15-13(14)11-19-17(20-15)16-9-8-12(4-2)21-16/h8-9,11,14,18H,3-7,10H2,1-2H3. The average molecular weight is 285 g/mol. The van der Waals surface area contributed by atoms with Crippen molar-refractivity contribution >= 4 is 0 Å². The summed E-state index contributed by atoms with van der Waals surface area (Å²) in [5.74, 6) is 2.47. The number of fused-ring (bicyclic) bond motifs is 1. The maximum Gasteiger partial charge on any atom is 0.195 e. The molecule has 0 amide bonds. The maximum atomic E-state index is 5.76. The Hall–Kier alpha value is -1.68. The Morgan fingerprint density at radius 2 is 2.24 bits per heavy atom. The van der Waals surface area contributed by atoms with Crippen LogP contribution in [0.2, 0.25) is 0 Å². The van der Waals surface area contributed by atoms with Gasteiger partial charge in [0.1, 0.15) is 5.76 Å². The van der Waals surface area contributed by atoms with Crippen molar-refractivity contribution in [2.45, 2.75) is 52.0 Å². The lowest BCUT2D eigenvalue weighted by atomic mass is 9.92. The highest BCUT2D eigenvalue weighted by atomic mass is 16.3. The largest absolute Gasteiger partial charge is 0.458 e. The van der Waals surface area contributed by atoms with Gasteiger partial charge in [0.2, 0.25) is 0 Å². The average Bonchev–Trinajstić information content (AvgIpc) is 3.01. The molecule has 1 aliphatic carbocycles. The van der Waals surface area contributed by atoms with Crippen LogP contribution in [0.5, 0.6) is 0 Å². The van der Waals surface area contributed by atoms with Gasteiger partial charge >= 0.3 is 0 Å².